The number of nitrogens with zero attached hydrogens (tertiary/aromatic N) is 2. The van der Waals surface area contributed by atoms with Gasteiger partial charge in [-0.2, -0.15) is 0 Å². The average molecular weight is 380 g/mol. The monoisotopic (exact) mass is 379 g/mol. The van der Waals surface area contributed by atoms with Gasteiger partial charge in [0.1, 0.15) is 0 Å². The van der Waals surface area contributed by atoms with Crippen LogP contribution in [0.1, 0.15) is 16.8 Å². The number of rotatable bonds is 4. The summed E-state index contributed by atoms with van der Waals surface area (Å²) < 4.78 is 23.2. The second kappa shape index (κ2) is 7.01. The van der Waals surface area contributed by atoms with Crippen LogP contribution in [0.25, 0.3) is 0 Å². The molecule has 1 aromatic heterocycles. The second-order valence-electron chi connectivity index (χ2n) is 6.07. The molecule has 1 unspecified atom stereocenters. The summed E-state index contributed by atoms with van der Waals surface area (Å²) >= 11 is 5.96. The molecule has 0 aliphatic carbocycles. The molecular formula is C17H18ClN3O3S. The fourth-order valence-electron chi connectivity index (χ4n) is 2.81. The van der Waals surface area contributed by atoms with Gasteiger partial charge in [-0.3, -0.25) is 9.78 Å². The maximum Gasteiger partial charge on any atom is 0.255 e. The molecule has 1 fully saturated rings. The molecule has 1 aliphatic heterocycles. The third-order valence-corrected chi connectivity index (χ3v) is 6.16. The summed E-state index contributed by atoms with van der Waals surface area (Å²) in [6, 6.07) is 8.62. The minimum atomic E-state index is -3.04. The first kappa shape index (κ1) is 17.7. The van der Waals surface area contributed by atoms with Crippen LogP contribution in [0.15, 0.2) is 42.7 Å². The van der Waals surface area contributed by atoms with E-state index in [1.165, 1.54) is 11.1 Å². The Hall–Kier alpha value is -2.12. The standard InChI is InChI=1S/C17H18ClN3O3S/c1-21(16-5-6-25(23,24)11-16)17(22)12-7-15(10-19-9-12)20-14-4-2-3-13(18)8-14/h2-4,7-10,16,20H,5-6,11H2,1H3. The predicted molar refractivity (Wildman–Crippen MR) is 98.1 cm³/mol. The molecule has 25 heavy (non-hydrogen) atoms. The van der Waals surface area contributed by atoms with Crippen molar-refractivity contribution >= 4 is 38.7 Å². The number of benzene rings is 1. The minimum absolute atomic E-state index is 0.0170. The first-order valence-electron chi connectivity index (χ1n) is 7.79. The number of halogens is 1. The molecule has 0 radical (unpaired) electrons. The zero-order valence-electron chi connectivity index (χ0n) is 13.6. The number of hydrogen-bond donors (Lipinski definition) is 1. The lowest BCUT2D eigenvalue weighted by Gasteiger charge is -2.23. The molecule has 2 heterocycles. The van der Waals surface area contributed by atoms with Gasteiger partial charge < -0.3 is 10.2 Å². The fourth-order valence-corrected chi connectivity index (χ4v) is 4.77. The maximum atomic E-state index is 12.6. The van der Waals surface area contributed by atoms with E-state index in [0.29, 0.717) is 22.7 Å². The summed E-state index contributed by atoms with van der Waals surface area (Å²) in [7, 11) is -1.41. The number of sulfone groups is 1. The summed E-state index contributed by atoms with van der Waals surface area (Å²) in [4.78, 5) is 18.2. The second-order valence-corrected chi connectivity index (χ2v) is 8.74. The van der Waals surface area contributed by atoms with E-state index in [9.17, 15) is 13.2 Å². The van der Waals surface area contributed by atoms with Crippen molar-refractivity contribution in [2.45, 2.75) is 12.5 Å². The Labute approximate surface area is 151 Å². The van der Waals surface area contributed by atoms with E-state index < -0.39 is 9.84 Å². The van der Waals surface area contributed by atoms with Crippen molar-refractivity contribution in [1.82, 2.24) is 9.88 Å². The molecule has 1 N–H and O–H groups in total. The van der Waals surface area contributed by atoms with Crippen LogP contribution in [0.4, 0.5) is 11.4 Å². The number of carbonyl (C=O) groups excluding carboxylic acids is 1. The van der Waals surface area contributed by atoms with E-state index in [1.54, 1.807) is 31.4 Å². The molecule has 0 bridgehead atoms. The molecule has 1 aliphatic rings. The Balaban J connectivity index is 1.75. The molecule has 1 saturated heterocycles. The van der Waals surface area contributed by atoms with Crippen LogP contribution < -0.4 is 5.32 Å². The van der Waals surface area contributed by atoms with Gasteiger partial charge in [0.05, 0.1) is 29.0 Å². The highest BCUT2D eigenvalue weighted by atomic mass is 35.5. The molecule has 6 nitrogen and oxygen atoms in total. The van der Waals surface area contributed by atoms with E-state index in [1.807, 2.05) is 12.1 Å². The highest BCUT2D eigenvalue weighted by Gasteiger charge is 2.33. The maximum absolute atomic E-state index is 12.6. The lowest BCUT2D eigenvalue weighted by Crippen LogP contribution is -2.37. The summed E-state index contributed by atoms with van der Waals surface area (Å²) in [5.41, 5.74) is 1.84. The van der Waals surface area contributed by atoms with Crippen molar-refractivity contribution in [2.24, 2.45) is 0 Å². The molecular weight excluding hydrogens is 362 g/mol. The van der Waals surface area contributed by atoms with Gasteiger partial charge in [0, 0.05) is 30.0 Å². The number of anilines is 2. The fraction of sp³-hybridized carbons (Fsp3) is 0.294. The third-order valence-electron chi connectivity index (χ3n) is 4.17. The normalized spacial score (nSPS) is 18.7. The summed E-state index contributed by atoms with van der Waals surface area (Å²) in [5, 5.41) is 3.75. The molecule has 3 rings (SSSR count). The van der Waals surface area contributed by atoms with Crippen LogP contribution in [0, 0.1) is 0 Å². The van der Waals surface area contributed by atoms with Gasteiger partial charge in [0.25, 0.3) is 5.91 Å². The number of hydrogen-bond acceptors (Lipinski definition) is 5. The van der Waals surface area contributed by atoms with E-state index in [0.717, 1.165) is 5.69 Å². The number of carbonyl (C=O) groups is 1. The van der Waals surface area contributed by atoms with Crippen LogP contribution >= 0.6 is 11.6 Å². The van der Waals surface area contributed by atoms with Gasteiger partial charge in [-0.1, -0.05) is 17.7 Å². The van der Waals surface area contributed by atoms with Gasteiger partial charge in [-0.05, 0) is 30.7 Å². The van der Waals surface area contributed by atoms with Gasteiger partial charge in [-0.15, -0.1) is 0 Å². The highest BCUT2D eigenvalue weighted by molar-refractivity contribution is 7.91. The molecule has 1 aromatic carbocycles. The molecule has 1 atom stereocenters. The summed E-state index contributed by atoms with van der Waals surface area (Å²) in [5.74, 6) is -0.100. The molecule has 132 valence electrons. The van der Waals surface area contributed by atoms with Gasteiger partial charge >= 0.3 is 0 Å². The molecule has 8 heteroatoms. The van der Waals surface area contributed by atoms with Crippen LogP contribution in [0.5, 0.6) is 0 Å². The average Bonchev–Trinajstić information content (AvgIpc) is 2.94. The van der Waals surface area contributed by atoms with Crippen molar-refractivity contribution in [3.8, 4) is 0 Å². The van der Waals surface area contributed by atoms with Crippen molar-refractivity contribution in [2.75, 3.05) is 23.9 Å². The Kier molecular flexibility index (Phi) is 4.96. The lowest BCUT2D eigenvalue weighted by atomic mass is 10.2. The third kappa shape index (κ3) is 4.29. The number of nitrogens with one attached hydrogen (secondary N) is 1. The Morgan fingerprint density at radius 3 is 2.76 bits per heavy atom. The van der Waals surface area contributed by atoms with Crippen molar-refractivity contribution in [3.05, 3.63) is 53.3 Å². The van der Waals surface area contributed by atoms with Crippen molar-refractivity contribution in [1.29, 1.82) is 0 Å². The smallest absolute Gasteiger partial charge is 0.255 e. The topological polar surface area (TPSA) is 79.4 Å². The predicted octanol–water partition coefficient (Wildman–Crippen LogP) is 2.74. The summed E-state index contributed by atoms with van der Waals surface area (Å²) in [6.45, 7) is 0. The van der Waals surface area contributed by atoms with E-state index in [2.05, 4.69) is 10.3 Å². The SMILES string of the molecule is CN(C(=O)c1cncc(Nc2cccc(Cl)c2)c1)C1CCS(=O)(=O)C1. The largest absolute Gasteiger partial charge is 0.354 e. The van der Waals surface area contributed by atoms with Crippen LogP contribution in [0.3, 0.4) is 0 Å². The molecule has 1 amide bonds. The van der Waals surface area contributed by atoms with Crippen molar-refractivity contribution in [3.63, 3.8) is 0 Å². The van der Waals surface area contributed by atoms with E-state index in [4.69, 9.17) is 11.6 Å². The van der Waals surface area contributed by atoms with E-state index >= 15 is 0 Å². The molecule has 2 aromatic rings. The van der Waals surface area contributed by atoms with Crippen LogP contribution in [0.2, 0.25) is 5.02 Å². The van der Waals surface area contributed by atoms with E-state index in [-0.39, 0.29) is 23.5 Å². The lowest BCUT2D eigenvalue weighted by molar-refractivity contribution is 0.0747. The van der Waals surface area contributed by atoms with Gasteiger partial charge in [0.15, 0.2) is 9.84 Å². The van der Waals surface area contributed by atoms with Gasteiger partial charge in [0.2, 0.25) is 0 Å². The van der Waals surface area contributed by atoms with Crippen molar-refractivity contribution < 1.29 is 13.2 Å². The quantitative estimate of drug-likeness (QED) is 0.883. The molecule has 0 spiro atoms. The molecule has 0 saturated carbocycles. The van der Waals surface area contributed by atoms with Gasteiger partial charge in [-0.25, -0.2) is 8.42 Å². The zero-order valence-corrected chi connectivity index (χ0v) is 15.2. The Morgan fingerprint density at radius 2 is 2.08 bits per heavy atom. The Morgan fingerprint density at radius 1 is 1.28 bits per heavy atom. The Bertz CT molecular complexity index is 902. The zero-order chi connectivity index (χ0) is 18.0. The first-order chi connectivity index (χ1) is 11.8. The highest BCUT2D eigenvalue weighted by Crippen LogP contribution is 2.22. The first-order valence-corrected chi connectivity index (χ1v) is 9.99. The number of aromatic nitrogens is 1. The van der Waals surface area contributed by atoms with Crippen LogP contribution in [-0.4, -0.2) is 48.8 Å². The number of amides is 1. The minimum Gasteiger partial charge on any atom is -0.354 e. The van der Waals surface area contributed by atoms with Crippen LogP contribution in [-0.2, 0) is 9.84 Å². The number of pyridine rings is 1. The summed E-state index contributed by atoms with van der Waals surface area (Å²) in [6.07, 6.45) is 3.56.